The number of carbonyl (C=O) groups is 2. The lowest BCUT2D eigenvalue weighted by molar-refractivity contribution is -0.142. The van der Waals surface area contributed by atoms with Crippen LogP contribution in [0.15, 0.2) is 30.3 Å². The molecule has 1 rings (SSSR count). The largest absolute Gasteiger partial charge is 0.481 e. The third-order valence-corrected chi connectivity index (χ3v) is 5.90. The molecule has 0 spiro atoms. The molecule has 3 N–H and O–H groups in total. The zero-order valence-electron chi connectivity index (χ0n) is 11.7. The highest BCUT2D eigenvalue weighted by Crippen LogP contribution is 2.56. The van der Waals surface area contributed by atoms with Crippen LogP contribution in [-0.4, -0.2) is 33.2 Å². The molecule has 7 heteroatoms. The first-order chi connectivity index (χ1) is 9.74. The Kier molecular flexibility index (Phi) is 6.12. The molecule has 21 heavy (non-hydrogen) atoms. The Bertz CT molecular complexity index is 542. The summed E-state index contributed by atoms with van der Waals surface area (Å²) in [4.78, 5) is 31.8. The van der Waals surface area contributed by atoms with Crippen LogP contribution in [0.2, 0.25) is 0 Å². The summed E-state index contributed by atoms with van der Waals surface area (Å²) in [5, 5.41) is 17.7. The molecule has 0 saturated carbocycles. The van der Waals surface area contributed by atoms with Crippen LogP contribution in [0.25, 0.3) is 0 Å². The minimum Gasteiger partial charge on any atom is -0.481 e. The van der Waals surface area contributed by atoms with Crippen molar-refractivity contribution < 1.29 is 29.3 Å². The average Bonchev–Trinajstić information content (AvgIpc) is 2.43. The molecule has 116 valence electrons. The summed E-state index contributed by atoms with van der Waals surface area (Å²) < 4.78 is 12.4. The van der Waals surface area contributed by atoms with Gasteiger partial charge in [-0.3, -0.25) is 14.2 Å². The van der Waals surface area contributed by atoms with E-state index in [1.807, 2.05) is 0 Å². The van der Waals surface area contributed by atoms with Gasteiger partial charge in [-0.1, -0.05) is 30.3 Å². The Morgan fingerprint density at radius 1 is 1.19 bits per heavy atom. The van der Waals surface area contributed by atoms with Crippen molar-refractivity contribution in [3.8, 4) is 0 Å². The van der Waals surface area contributed by atoms with Crippen LogP contribution in [0, 0.1) is 5.92 Å². The van der Waals surface area contributed by atoms with Crippen molar-refractivity contribution in [2.75, 3.05) is 6.16 Å². The fourth-order valence-corrected chi connectivity index (χ4v) is 3.95. The summed E-state index contributed by atoms with van der Waals surface area (Å²) in [7, 11) is -3.75. The molecule has 3 unspecified atom stereocenters. The normalized spacial score (nSPS) is 16.7. The predicted molar refractivity (Wildman–Crippen MR) is 77.5 cm³/mol. The third-order valence-electron chi connectivity index (χ3n) is 3.43. The molecular weight excluding hydrogens is 295 g/mol. The maximum Gasteiger partial charge on any atom is 0.307 e. The van der Waals surface area contributed by atoms with Crippen molar-refractivity contribution in [2.45, 2.75) is 25.4 Å². The first-order valence-electron chi connectivity index (χ1n) is 6.55. The topological polar surface area (TPSA) is 112 Å². The highest BCUT2D eigenvalue weighted by Gasteiger charge is 2.34. The fraction of sp³-hybridized carbons (Fsp3) is 0.429. The number of rotatable bonds is 8. The maximum absolute atomic E-state index is 12.4. The smallest absolute Gasteiger partial charge is 0.307 e. The summed E-state index contributed by atoms with van der Waals surface area (Å²) in [5.41, 5.74) is -0.0314. The molecule has 0 fully saturated rings. The van der Waals surface area contributed by atoms with E-state index in [1.165, 1.54) is 0 Å². The van der Waals surface area contributed by atoms with E-state index in [-0.39, 0.29) is 12.8 Å². The molecule has 0 saturated heterocycles. The van der Waals surface area contributed by atoms with E-state index in [0.29, 0.717) is 5.56 Å². The number of benzene rings is 1. The van der Waals surface area contributed by atoms with Crippen LogP contribution in [-0.2, 0) is 14.2 Å². The van der Waals surface area contributed by atoms with E-state index in [2.05, 4.69) is 0 Å². The van der Waals surface area contributed by atoms with Crippen LogP contribution in [0.4, 0.5) is 0 Å². The monoisotopic (exact) mass is 314 g/mol. The first kappa shape index (κ1) is 17.4. The van der Waals surface area contributed by atoms with E-state index >= 15 is 0 Å². The van der Waals surface area contributed by atoms with Gasteiger partial charge in [-0.2, -0.15) is 0 Å². The standard InChI is InChI=1S/C14H19O6P/c1-10(11-5-3-2-4-6-11)21(19,20)9-12(14(17)18)7-8-13(15)16/h2-6,10,12H,7-9H2,1H3,(H,15,16)(H,17,18)(H,19,20). The molecule has 0 bridgehead atoms. The Balaban J connectivity index is 2.83. The number of hydrogen-bond acceptors (Lipinski definition) is 3. The average molecular weight is 314 g/mol. The zero-order chi connectivity index (χ0) is 16.0. The molecule has 1 aromatic rings. The molecule has 0 amide bonds. The summed E-state index contributed by atoms with van der Waals surface area (Å²) in [5.74, 6) is -3.50. The number of carboxylic acids is 2. The molecule has 0 aliphatic carbocycles. The second-order valence-electron chi connectivity index (χ2n) is 4.99. The molecular formula is C14H19O6P. The predicted octanol–water partition coefficient (Wildman–Crippen LogP) is 2.58. The highest BCUT2D eigenvalue weighted by molar-refractivity contribution is 7.58. The summed E-state index contributed by atoms with van der Waals surface area (Å²) in [6, 6.07) is 8.68. The van der Waals surface area contributed by atoms with Crippen molar-refractivity contribution in [1.29, 1.82) is 0 Å². The molecule has 0 aromatic heterocycles. The second kappa shape index (κ2) is 7.38. The van der Waals surface area contributed by atoms with Gasteiger partial charge in [0, 0.05) is 12.6 Å². The molecule has 0 aliphatic rings. The van der Waals surface area contributed by atoms with Gasteiger partial charge >= 0.3 is 11.9 Å². The van der Waals surface area contributed by atoms with Gasteiger partial charge in [0.1, 0.15) is 0 Å². The van der Waals surface area contributed by atoms with Gasteiger partial charge in [0.25, 0.3) is 0 Å². The Labute approximate surface area is 122 Å². The fourth-order valence-electron chi connectivity index (χ4n) is 2.03. The summed E-state index contributed by atoms with van der Waals surface area (Å²) >= 11 is 0. The molecule has 1 aromatic carbocycles. The van der Waals surface area contributed by atoms with E-state index in [4.69, 9.17) is 10.2 Å². The Hall–Kier alpha value is -1.65. The van der Waals surface area contributed by atoms with Gasteiger partial charge in [-0.25, -0.2) is 0 Å². The lowest BCUT2D eigenvalue weighted by Gasteiger charge is -2.22. The van der Waals surface area contributed by atoms with Gasteiger partial charge in [0.2, 0.25) is 7.37 Å². The SMILES string of the molecule is CC(c1ccccc1)P(=O)(O)CC(CCC(=O)O)C(=O)O. The van der Waals surface area contributed by atoms with Crippen molar-refractivity contribution in [3.05, 3.63) is 35.9 Å². The summed E-state index contributed by atoms with van der Waals surface area (Å²) in [6.07, 6.45) is -0.918. The van der Waals surface area contributed by atoms with E-state index in [1.54, 1.807) is 37.3 Å². The quantitative estimate of drug-likeness (QED) is 0.636. The van der Waals surface area contributed by atoms with Crippen molar-refractivity contribution in [3.63, 3.8) is 0 Å². The lowest BCUT2D eigenvalue weighted by Crippen LogP contribution is -2.20. The van der Waals surface area contributed by atoms with E-state index in [0.717, 1.165) is 0 Å². The zero-order valence-corrected chi connectivity index (χ0v) is 12.6. The van der Waals surface area contributed by atoms with Crippen molar-refractivity contribution >= 4 is 19.3 Å². The summed E-state index contributed by atoms with van der Waals surface area (Å²) in [6.45, 7) is 1.58. The minimum atomic E-state index is -3.75. The van der Waals surface area contributed by atoms with Gasteiger partial charge in [0.15, 0.2) is 0 Å². The van der Waals surface area contributed by atoms with Gasteiger partial charge in [0.05, 0.1) is 11.6 Å². The van der Waals surface area contributed by atoms with Crippen LogP contribution in [0.3, 0.4) is 0 Å². The minimum absolute atomic E-state index is 0.156. The molecule has 0 aliphatic heterocycles. The Morgan fingerprint density at radius 2 is 1.76 bits per heavy atom. The van der Waals surface area contributed by atoms with Crippen LogP contribution in [0.1, 0.15) is 31.0 Å². The van der Waals surface area contributed by atoms with Gasteiger partial charge < -0.3 is 15.1 Å². The van der Waals surface area contributed by atoms with Crippen LogP contribution < -0.4 is 0 Å². The van der Waals surface area contributed by atoms with Crippen LogP contribution >= 0.6 is 7.37 Å². The Morgan fingerprint density at radius 3 is 2.24 bits per heavy atom. The number of aliphatic carboxylic acids is 2. The number of carboxylic acid groups (broad SMARTS) is 2. The van der Waals surface area contributed by atoms with Gasteiger partial charge in [-0.15, -0.1) is 0 Å². The lowest BCUT2D eigenvalue weighted by atomic mass is 10.1. The van der Waals surface area contributed by atoms with Crippen molar-refractivity contribution in [2.24, 2.45) is 5.92 Å². The molecule has 0 radical (unpaired) electrons. The second-order valence-corrected chi connectivity index (χ2v) is 7.64. The van der Waals surface area contributed by atoms with E-state index < -0.39 is 37.0 Å². The maximum atomic E-state index is 12.4. The third kappa shape index (κ3) is 5.33. The van der Waals surface area contributed by atoms with Crippen molar-refractivity contribution in [1.82, 2.24) is 0 Å². The van der Waals surface area contributed by atoms with Crippen LogP contribution in [0.5, 0.6) is 0 Å². The highest BCUT2D eigenvalue weighted by atomic mass is 31.2. The first-order valence-corrected chi connectivity index (χ1v) is 8.46. The van der Waals surface area contributed by atoms with Gasteiger partial charge in [-0.05, 0) is 18.9 Å². The number of hydrogen-bond donors (Lipinski definition) is 3. The molecule has 0 heterocycles. The molecule has 6 nitrogen and oxygen atoms in total. The van der Waals surface area contributed by atoms with E-state index in [9.17, 15) is 19.0 Å². The molecule has 3 atom stereocenters.